The summed E-state index contributed by atoms with van der Waals surface area (Å²) in [6, 6.07) is 6.58. The average Bonchev–Trinajstić information content (AvgIpc) is 2.83. The summed E-state index contributed by atoms with van der Waals surface area (Å²) in [5, 5.41) is 4.56. The smallest absolute Gasteiger partial charge is 0.0948 e. The predicted octanol–water partition coefficient (Wildman–Crippen LogP) is 3.51. The van der Waals surface area contributed by atoms with Gasteiger partial charge in [-0.15, -0.1) is 11.3 Å². The Morgan fingerprint density at radius 1 is 1.14 bits per heavy atom. The summed E-state index contributed by atoms with van der Waals surface area (Å²) >= 11 is 1.80. The molecule has 1 aromatic carbocycles. The van der Waals surface area contributed by atoms with Crippen molar-refractivity contribution in [3.63, 3.8) is 0 Å². The van der Waals surface area contributed by atoms with Gasteiger partial charge in [-0.1, -0.05) is 12.1 Å². The molecule has 4 heteroatoms. The molecule has 0 fully saturated rings. The first-order valence-electron chi connectivity index (χ1n) is 7.35. The number of ether oxygens (including phenoxy) is 1. The number of aryl methyl sites for hydroxylation is 3. The molecule has 2 aromatic rings. The van der Waals surface area contributed by atoms with E-state index in [2.05, 4.69) is 44.3 Å². The molecule has 0 spiro atoms. The summed E-state index contributed by atoms with van der Waals surface area (Å²) in [7, 11) is 1.72. The summed E-state index contributed by atoms with van der Waals surface area (Å²) in [6.07, 6.45) is 0.972. The van der Waals surface area contributed by atoms with E-state index in [0.29, 0.717) is 0 Å². The second-order valence-electron chi connectivity index (χ2n) is 5.30. The normalized spacial score (nSPS) is 11.0. The van der Waals surface area contributed by atoms with Crippen molar-refractivity contribution in [2.45, 2.75) is 27.2 Å². The molecule has 114 valence electrons. The number of thiazole rings is 1. The first-order valence-corrected chi connectivity index (χ1v) is 8.17. The number of rotatable bonds is 7. The Bertz CT molecular complexity index is 592. The fourth-order valence-corrected chi connectivity index (χ4v) is 3.16. The molecule has 1 aromatic heterocycles. The minimum atomic E-state index is 0.755. The number of methoxy groups -OCH3 is 1. The van der Waals surface area contributed by atoms with Gasteiger partial charge in [-0.3, -0.25) is 0 Å². The van der Waals surface area contributed by atoms with E-state index < -0.39 is 0 Å². The van der Waals surface area contributed by atoms with E-state index in [1.807, 2.05) is 0 Å². The standard InChI is InChI=1S/C17H24N2OS/c1-12-5-6-15(11-13(12)2)17-14(3)21-16(19-17)7-8-18-9-10-20-4/h5-6,11,18H,7-10H2,1-4H3. The number of hydrogen-bond acceptors (Lipinski definition) is 4. The maximum absolute atomic E-state index is 5.02. The second-order valence-corrected chi connectivity index (χ2v) is 6.59. The number of benzene rings is 1. The molecule has 0 aliphatic rings. The van der Waals surface area contributed by atoms with Crippen LogP contribution < -0.4 is 5.32 Å². The van der Waals surface area contributed by atoms with Crippen LogP contribution in [0.4, 0.5) is 0 Å². The van der Waals surface area contributed by atoms with Crippen LogP contribution in [0.2, 0.25) is 0 Å². The third kappa shape index (κ3) is 4.37. The van der Waals surface area contributed by atoms with Gasteiger partial charge < -0.3 is 10.1 Å². The van der Waals surface area contributed by atoms with Crippen LogP contribution in [0.3, 0.4) is 0 Å². The molecule has 0 radical (unpaired) electrons. The largest absolute Gasteiger partial charge is 0.383 e. The van der Waals surface area contributed by atoms with Gasteiger partial charge in [0.25, 0.3) is 0 Å². The van der Waals surface area contributed by atoms with E-state index in [1.54, 1.807) is 18.4 Å². The van der Waals surface area contributed by atoms with Crippen molar-refractivity contribution in [3.8, 4) is 11.3 Å². The van der Waals surface area contributed by atoms with Crippen LogP contribution in [-0.4, -0.2) is 31.8 Å². The lowest BCUT2D eigenvalue weighted by Gasteiger charge is -2.04. The zero-order chi connectivity index (χ0) is 15.2. The molecule has 0 atom stereocenters. The molecule has 0 saturated carbocycles. The third-order valence-corrected chi connectivity index (χ3v) is 4.65. The highest BCUT2D eigenvalue weighted by Gasteiger charge is 2.10. The molecule has 0 unspecified atom stereocenters. The van der Waals surface area contributed by atoms with Gasteiger partial charge in [-0.25, -0.2) is 4.98 Å². The SMILES string of the molecule is COCCNCCc1nc(-c2ccc(C)c(C)c2)c(C)s1. The van der Waals surface area contributed by atoms with Gasteiger partial charge in [0.15, 0.2) is 0 Å². The molecule has 2 rings (SSSR count). The fourth-order valence-electron chi connectivity index (χ4n) is 2.21. The van der Waals surface area contributed by atoms with Crippen LogP contribution in [0.15, 0.2) is 18.2 Å². The van der Waals surface area contributed by atoms with E-state index >= 15 is 0 Å². The first-order chi connectivity index (χ1) is 10.1. The quantitative estimate of drug-likeness (QED) is 0.795. The average molecular weight is 304 g/mol. The van der Waals surface area contributed by atoms with Gasteiger partial charge in [0.1, 0.15) is 0 Å². The molecule has 0 aliphatic carbocycles. The molecule has 0 bridgehead atoms. The zero-order valence-corrected chi connectivity index (χ0v) is 14.1. The number of aromatic nitrogens is 1. The molecular formula is C17H24N2OS. The third-order valence-electron chi connectivity index (χ3n) is 3.62. The van der Waals surface area contributed by atoms with Crippen LogP contribution in [0.1, 0.15) is 21.0 Å². The summed E-state index contributed by atoms with van der Waals surface area (Å²) in [4.78, 5) is 6.11. The first kappa shape index (κ1) is 16.1. The predicted molar refractivity (Wildman–Crippen MR) is 90.2 cm³/mol. The minimum absolute atomic E-state index is 0.755. The molecular weight excluding hydrogens is 280 g/mol. The van der Waals surface area contributed by atoms with Gasteiger partial charge >= 0.3 is 0 Å². The Morgan fingerprint density at radius 2 is 1.95 bits per heavy atom. The lowest BCUT2D eigenvalue weighted by atomic mass is 10.0. The van der Waals surface area contributed by atoms with Crippen LogP contribution in [-0.2, 0) is 11.2 Å². The van der Waals surface area contributed by atoms with Crippen molar-refractivity contribution in [1.82, 2.24) is 10.3 Å². The Balaban J connectivity index is 2.03. The van der Waals surface area contributed by atoms with E-state index in [0.717, 1.165) is 31.8 Å². The fraction of sp³-hybridized carbons (Fsp3) is 0.471. The maximum atomic E-state index is 5.02. The number of nitrogens with zero attached hydrogens (tertiary/aromatic N) is 1. The molecule has 21 heavy (non-hydrogen) atoms. The maximum Gasteiger partial charge on any atom is 0.0948 e. The van der Waals surface area contributed by atoms with Gasteiger partial charge in [0, 0.05) is 37.1 Å². The van der Waals surface area contributed by atoms with Gasteiger partial charge in [-0.2, -0.15) is 0 Å². The van der Waals surface area contributed by atoms with Crippen LogP contribution in [0, 0.1) is 20.8 Å². The Hall–Kier alpha value is -1.23. The lowest BCUT2D eigenvalue weighted by Crippen LogP contribution is -2.21. The highest BCUT2D eigenvalue weighted by Crippen LogP contribution is 2.28. The molecule has 3 nitrogen and oxygen atoms in total. The van der Waals surface area contributed by atoms with Crippen molar-refractivity contribution >= 4 is 11.3 Å². The molecule has 0 aliphatic heterocycles. The number of nitrogens with one attached hydrogen (secondary N) is 1. The zero-order valence-electron chi connectivity index (χ0n) is 13.3. The van der Waals surface area contributed by atoms with E-state index in [-0.39, 0.29) is 0 Å². The van der Waals surface area contributed by atoms with E-state index in [1.165, 1.54) is 26.6 Å². The van der Waals surface area contributed by atoms with Gasteiger partial charge in [-0.05, 0) is 38.0 Å². The lowest BCUT2D eigenvalue weighted by molar-refractivity contribution is 0.199. The summed E-state index contributed by atoms with van der Waals surface area (Å²) in [5.74, 6) is 0. The molecule has 1 heterocycles. The highest BCUT2D eigenvalue weighted by atomic mass is 32.1. The van der Waals surface area contributed by atoms with Gasteiger partial charge in [0.2, 0.25) is 0 Å². The summed E-state index contributed by atoms with van der Waals surface area (Å²) < 4.78 is 5.02. The van der Waals surface area contributed by atoms with Crippen molar-refractivity contribution in [2.24, 2.45) is 0 Å². The van der Waals surface area contributed by atoms with Crippen molar-refractivity contribution in [2.75, 3.05) is 26.8 Å². The number of hydrogen-bond donors (Lipinski definition) is 1. The summed E-state index contributed by atoms with van der Waals surface area (Å²) in [5.41, 5.74) is 5.01. The monoisotopic (exact) mass is 304 g/mol. The van der Waals surface area contributed by atoms with E-state index in [9.17, 15) is 0 Å². The molecule has 0 saturated heterocycles. The van der Waals surface area contributed by atoms with Gasteiger partial charge in [0.05, 0.1) is 17.3 Å². The highest BCUT2D eigenvalue weighted by molar-refractivity contribution is 7.12. The molecule has 1 N–H and O–H groups in total. The van der Waals surface area contributed by atoms with Crippen molar-refractivity contribution in [3.05, 3.63) is 39.2 Å². The Kier molecular flexibility index (Phi) is 5.91. The Labute approximate surface area is 131 Å². The van der Waals surface area contributed by atoms with Crippen LogP contribution >= 0.6 is 11.3 Å². The molecule has 0 amide bonds. The van der Waals surface area contributed by atoms with Crippen LogP contribution in [0.25, 0.3) is 11.3 Å². The van der Waals surface area contributed by atoms with Crippen molar-refractivity contribution < 1.29 is 4.74 Å². The van der Waals surface area contributed by atoms with Crippen LogP contribution in [0.5, 0.6) is 0 Å². The van der Waals surface area contributed by atoms with Crippen molar-refractivity contribution in [1.29, 1.82) is 0 Å². The minimum Gasteiger partial charge on any atom is -0.383 e. The topological polar surface area (TPSA) is 34.1 Å². The van der Waals surface area contributed by atoms with E-state index in [4.69, 9.17) is 9.72 Å². The summed E-state index contributed by atoms with van der Waals surface area (Å²) in [6.45, 7) is 9.05. The second kappa shape index (κ2) is 7.69. The Morgan fingerprint density at radius 3 is 2.67 bits per heavy atom.